The van der Waals surface area contributed by atoms with Crippen LogP contribution in [0.4, 0.5) is 5.69 Å². The zero-order valence-corrected chi connectivity index (χ0v) is 18.2. The number of carboxylic acids is 1. The molecule has 0 bridgehead atoms. The fourth-order valence-electron chi connectivity index (χ4n) is 2.87. The van der Waals surface area contributed by atoms with E-state index in [0.29, 0.717) is 30.2 Å². The Hall–Kier alpha value is -2.78. The van der Waals surface area contributed by atoms with Crippen LogP contribution >= 0.6 is 0 Å². The molecule has 3 N–H and O–H groups in total. The van der Waals surface area contributed by atoms with Crippen LogP contribution in [0, 0.1) is 0 Å². The molecule has 0 unspecified atom stereocenters. The number of methoxy groups -OCH3 is 2. The maximum atomic E-state index is 12.9. The summed E-state index contributed by atoms with van der Waals surface area (Å²) in [6.45, 7) is 2.77. The lowest BCUT2D eigenvalue weighted by molar-refractivity contribution is 0.0696. The largest absolute Gasteiger partial charge is 0.493 e. The number of hydrogen-bond acceptors (Lipinski definition) is 6. The molecular formula is C21H28N2O6S. The molecule has 0 radical (unpaired) electrons. The summed E-state index contributed by atoms with van der Waals surface area (Å²) in [5.74, 6) is -0.0265. The molecule has 30 heavy (non-hydrogen) atoms. The van der Waals surface area contributed by atoms with E-state index in [4.69, 9.17) is 9.47 Å². The van der Waals surface area contributed by atoms with Crippen molar-refractivity contribution in [3.05, 3.63) is 47.5 Å². The van der Waals surface area contributed by atoms with Crippen LogP contribution in [0.5, 0.6) is 11.5 Å². The van der Waals surface area contributed by atoms with Gasteiger partial charge in [-0.15, -0.1) is 0 Å². The van der Waals surface area contributed by atoms with Crippen LogP contribution in [-0.2, 0) is 16.4 Å². The van der Waals surface area contributed by atoms with Gasteiger partial charge >= 0.3 is 5.97 Å². The van der Waals surface area contributed by atoms with Crippen LogP contribution in [0.3, 0.4) is 0 Å². The summed E-state index contributed by atoms with van der Waals surface area (Å²) in [6, 6.07) is 9.43. The Morgan fingerprint density at radius 2 is 1.77 bits per heavy atom. The maximum Gasteiger partial charge on any atom is 0.335 e. The summed E-state index contributed by atoms with van der Waals surface area (Å²) in [6.07, 6.45) is 2.25. The predicted octanol–water partition coefficient (Wildman–Crippen LogP) is 3.14. The molecule has 0 fully saturated rings. The molecule has 8 nitrogen and oxygen atoms in total. The van der Waals surface area contributed by atoms with Crippen LogP contribution < -0.4 is 19.5 Å². The number of ether oxygens (including phenoxy) is 2. The summed E-state index contributed by atoms with van der Waals surface area (Å²) < 4.78 is 38.8. The fourth-order valence-corrected chi connectivity index (χ4v) is 4.11. The smallest absolute Gasteiger partial charge is 0.335 e. The van der Waals surface area contributed by atoms with Crippen LogP contribution in [-0.4, -0.2) is 46.8 Å². The number of anilines is 1. The van der Waals surface area contributed by atoms with E-state index in [1.807, 2.05) is 13.0 Å². The van der Waals surface area contributed by atoms with E-state index in [2.05, 4.69) is 10.0 Å². The molecule has 2 aromatic carbocycles. The van der Waals surface area contributed by atoms with Crippen molar-refractivity contribution in [1.29, 1.82) is 0 Å². The Morgan fingerprint density at radius 1 is 1.03 bits per heavy atom. The van der Waals surface area contributed by atoms with Gasteiger partial charge in [0, 0.05) is 13.1 Å². The number of sulfonamides is 1. The van der Waals surface area contributed by atoms with Crippen LogP contribution in [0.15, 0.2) is 41.3 Å². The number of aromatic carboxylic acids is 1. The standard InChI is InChI=1S/C21H28N2O6S/c1-4-5-11-22-17-8-7-16(21(24)25)14-20(17)30(26,27)23-12-10-15-6-9-18(28-2)19(13-15)29-3/h6-9,13-14,22-23H,4-5,10-12H2,1-3H3,(H,24,25). The Balaban J connectivity index is 2.17. The van der Waals surface area contributed by atoms with Gasteiger partial charge in [0.25, 0.3) is 0 Å². The fraction of sp³-hybridized carbons (Fsp3) is 0.381. The van der Waals surface area contributed by atoms with Crippen molar-refractivity contribution in [1.82, 2.24) is 4.72 Å². The second-order valence-electron chi connectivity index (χ2n) is 6.63. The van der Waals surface area contributed by atoms with Gasteiger partial charge in [0.2, 0.25) is 10.0 Å². The second-order valence-corrected chi connectivity index (χ2v) is 8.37. The Labute approximate surface area is 177 Å². The molecule has 0 aliphatic carbocycles. The molecule has 0 saturated heterocycles. The third-order valence-corrected chi connectivity index (χ3v) is 6.02. The first kappa shape index (κ1) is 23.5. The lowest BCUT2D eigenvalue weighted by Gasteiger charge is -2.14. The van der Waals surface area contributed by atoms with E-state index in [9.17, 15) is 18.3 Å². The third-order valence-electron chi connectivity index (χ3n) is 4.52. The van der Waals surface area contributed by atoms with Crippen LogP contribution in [0.2, 0.25) is 0 Å². The van der Waals surface area contributed by atoms with E-state index in [-0.39, 0.29) is 17.0 Å². The molecule has 0 atom stereocenters. The minimum Gasteiger partial charge on any atom is -0.493 e. The Morgan fingerprint density at radius 3 is 2.40 bits per heavy atom. The molecule has 164 valence electrons. The second kappa shape index (κ2) is 10.8. The van der Waals surface area contributed by atoms with Gasteiger partial charge in [-0.05, 0) is 48.7 Å². The minimum atomic E-state index is -3.91. The summed E-state index contributed by atoms with van der Waals surface area (Å²) in [5.41, 5.74) is 1.17. The first-order valence-corrected chi connectivity index (χ1v) is 11.1. The Bertz CT molecular complexity index is 975. The van der Waals surface area contributed by atoms with Gasteiger partial charge in [0.05, 0.1) is 25.5 Å². The first-order chi connectivity index (χ1) is 14.3. The molecule has 0 aromatic heterocycles. The highest BCUT2D eigenvalue weighted by atomic mass is 32.2. The van der Waals surface area contributed by atoms with Crippen molar-refractivity contribution in [2.75, 3.05) is 32.6 Å². The quantitative estimate of drug-likeness (QED) is 0.438. The molecular weight excluding hydrogens is 408 g/mol. The van der Waals surface area contributed by atoms with E-state index in [1.54, 1.807) is 19.2 Å². The number of rotatable bonds is 12. The molecule has 0 aliphatic heterocycles. The molecule has 0 saturated carbocycles. The molecule has 0 heterocycles. The SMILES string of the molecule is CCCCNc1ccc(C(=O)O)cc1S(=O)(=O)NCCc1ccc(OC)c(OC)c1. The van der Waals surface area contributed by atoms with Crippen molar-refractivity contribution >= 4 is 21.7 Å². The lowest BCUT2D eigenvalue weighted by atomic mass is 10.1. The number of nitrogens with one attached hydrogen (secondary N) is 2. The molecule has 2 aromatic rings. The Kier molecular flexibility index (Phi) is 8.49. The number of unbranched alkanes of at least 4 members (excludes halogenated alkanes) is 1. The average Bonchev–Trinajstić information content (AvgIpc) is 2.73. The molecule has 0 aliphatic rings. The number of carbonyl (C=O) groups is 1. The van der Waals surface area contributed by atoms with E-state index in [0.717, 1.165) is 18.4 Å². The summed E-state index contributed by atoms with van der Waals surface area (Å²) >= 11 is 0. The van der Waals surface area contributed by atoms with E-state index in [1.165, 1.54) is 25.3 Å². The number of benzene rings is 2. The van der Waals surface area contributed by atoms with Gasteiger partial charge < -0.3 is 19.9 Å². The van der Waals surface area contributed by atoms with Gasteiger partial charge in [0.15, 0.2) is 11.5 Å². The highest BCUT2D eigenvalue weighted by molar-refractivity contribution is 7.89. The van der Waals surface area contributed by atoms with Crippen LogP contribution in [0.1, 0.15) is 35.7 Å². The van der Waals surface area contributed by atoms with Crippen molar-refractivity contribution in [3.63, 3.8) is 0 Å². The van der Waals surface area contributed by atoms with Gasteiger partial charge in [-0.3, -0.25) is 0 Å². The highest BCUT2D eigenvalue weighted by Gasteiger charge is 2.20. The predicted molar refractivity (Wildman–Crippen MR) is 115 cm³/mol. The first-order valence-electron chi connectivity index (χ1n) is 9.64. The topological polar surface area (TPSA) is 114 Å². The van der Waals surface area contributed by atoms with Crippen molar-refractivity contribution < 1.29 is 27.8 Å². The minimum absolute atomic E-state index is 0.0779. The highest BCUT2D eigenvalue weighted by Crippen LogP contribution is 2.28. The van der Waals surface area contributed by atoms with Crippen molar-refractivity contribution in [2.24, 2.45) is 0 Å². The average molecular weight is 437 g/mol. The van der Waals surface area contributed by atoms with E-state index >= 15 is 0 Å². The zero-order chi connectivity index (χ0) is 22.1. The van der Waals surface area contributed by atoms with Gasteiger partial charge in [-0.25, -0.2) is 17.9 Å². The lowest BCUT2D eigenvalue weighted by Crippen LogP contribution is -2.27. The van der Waals surface area contributed by atoms with Gasteiger partial charge in [0.1, 0.15) is 4.90 Å². The maximum absolute atomic E-state index is 12.9. The normalized spacial score (nSPS) is 11.2. The summed E-state index contributed by atoms with van der Waals surface area (Å²) in [7, 11) is -0.835. The monoisotopic (exact) mass is 436 g/mol. The number of carboxylic acid groups (broad SMARTS) is 1. The molecule has 0 amide bonds. The van der Waals surface area contributed by atoms with Crippen molar-refractivity contribution in [2.45, 2.75) is 31.1 Å². The van der Waals surface area contributed by atoms with E-state index < -0.39 is 16.0 Å². The summed E-state index contributed by atoms with van der Waals surface area (Å²) in [5, 5.41) is 12.3. The number of hydrogen-bond donors (Lipinski definition) is 3. The third kappa shape index (κ3) is 6.11. The summed E-state index contributed by atoms with van der Waals surface area (Å²) in [4.78, 5) is 11.2. The van der Waals surface area contributed by atoms with Crippen LogP contribution in [0.25, 0.3) is 0 Å². The molecule has 2 rings (SSSR count). The van der Waals surface area contributed by atoms with Gasteiger partial charge in [-0.1, -0.05) is 19.4 Å². The van der Waals surface area contributed by atoms with Gasteiger partial charge in [-0.2, -0.15) is 0 Å². The zero-order valence-electron chi connectivity index (χ0n) is 17.4. The van der Waals surface area contributed by atoms with Crippen molar-refractivity contribution in [3.8, 4) is 11.5 Å². The molecule has 9 heteroatoms. The molecule has 0 spiro atoms.